The Morgan fingerprint density at radius 3 is 2.26 bits per heavy atom. The fourth-order valence-corrected chi connectivity index (χ4v) is 2.68. The fourth-order valence-electron chi connectivity index (χ4n) is 2.68. The van der Waals surface area contributed by atoms with E-state index >= 15 is 0 Å². The van der Waals surface area contributed by atoms with Crippen LogP contribution in [-0.4, -0.2) is 50.6 Å². The number of nitrogens with zero attached hydrogens (tertiary/aromatic N) is 3. The predicted molar refractivity (Wildman–Crippen MR) is 116 cm³/mol. The maximum absolute atomic E-state index is 9.36. The lowest BCUT2D eigenvalue weighted by molar-refractivity contribution is 0.231. The number of halogens is 2. The number of nitriles is 1. The quantitative estimate of drug-likeness (QED) is 0.626. The lowest BCUT2D eigenvalue weighted by Gasteiger charge is -2.19. The predicted octanol–water partition coefficient (Wildman–Crippen LogP) is 4.02. The van der Waals surface area contributed by atoms with Crippen molar-refractivity contribution in [1.29, 1.82) is 5.26 Å². The van der Waals surface area contributed by atoms with Crippen molar-refractivity contribution in [3.8, 4) is 11.8 Å². The van der Waals surface area contributed by atoms with Gasteiger partial charge in [0.25, 0.3) is 0 Å². The first-order valence-corrected chi connectivity index (χ1v) is 8.62. The third-order valence-corrected chi connectivity index (χ3v) is 4.09. The normalized spacial score (nSPS) is 10.1. The van der Waals surface area contributed by atoms with Gasteiger partial charge in [0.05, 0.1) is 11.6 Å². The molecule has 0 unspecified atom stereocenters. The van der Waals surface area contributed by atoms with E-state index in [1.54, 1.807) is 0 Å². The summed E-state index contributed by atoms with van der Waals surface area (Å²) < 4.78 is 6.01. The zero-order chi connectivity index (χ0) is 18.1. The molecule has 148 valence electrons. The minimum absolute atomic E-state index is 0. The van der Waals surface area contributed by atoms with Gasteiger partial charge in [-0.2, -0.15) is 5.26 Å². The van der Waals surface area contributed by atoms with E-state index in [0.717, 1.165) is 37.4 Å². The molecule has 0 aliphatic rings. The average molecular weight is 410 g/mol. The third-order valence-electron chi connectivity index (χ3n) is 4.09. The summed E-state index contributed by atoms with van der Waals surface area (Å²) in [6, 6.07) is 18.4. The Bertz CT molecular complexity index is 702. The number of likely N-dealkylation sites (N-methyl/N-ethyl adjacent to an activating group) is 2. The second-order valence-corrected chi connectivity index (χ2v) is 6.52. The Morgan fingerprint density at radius 1 is 0.926 bits per heavy atom. The molecule has 0 heterocycles. The lowest BCUT2D eigenvalue weighted by atomic mass is 10.0. The van der Waals surface area contributed by atoms with Crippen molar-refractivity contribution in [2.75, 3.05) is 40.8 Å². The molecule has 0 amide bonds. The molecule has 0 aromatic heterocycles. The molecule has 2 aromatic carbocycles. The highest BCUT2D eigenvalue weighted by molar-refractivity contribution is 5.85. The lowest BCUT2D eigenvalue weighted by Crippen LogP contribution is -2.24. The molecular weight excluding hydrogens is 381 g/mol. The third kappa shape index (κ3) is 8.64. The molecule has 0 aliphatic heterocycles. The van der Waals surface area contributed by atoms with Gasteiger partial charge in [0, 0.05) is 25.2 Å². The van der Waals surface area contributed by atoms with Crippen molar-refractivity contribution in [2.45, 2.75) is 13.0 Å². The Morgan fingerprint density at radius 2 is 1.63 bits per heavy atom. The summed E-state index contributed by atoms with van der Waals surface area (Å²) in [7, 11) is 6.16. The highest BCUT2D eigenvalue weighted by Gasteiger charge is 2.10. The molecule has 6 heteroatoms. The topological polar surface area (TPSA) is 39.5 Å². The molecule has 2 rings (SSSR count). The van der Waals surface area contributed by atoms with E-state index < -0.39 is 0 Å². The molecule has 27 heavy (non-hydrogen) atoms. The molecule has 0 fully saturated rings. The van der Waals surface area contributed by atoms with E-state index in [1.165, 1.54) is 5.56 Å². The van der Waals surface area contributed by atoms with Crippen molar-refractivity contribution in [3.05, 3.63) is 65.2 Å². The van der Waals surface area contributed by atoms with Crippen LogP contribution in [0.25, 0.3) is 0 Å². The van der Waals surface area contributed by atoms with E-state index in [4.69, 9.17) is 4.74 Å². The summed E-state index contributed by atoms with van der Waals surface area (Å²) in [4.78, 5) is 4.36. The van der Waals surface area contributed by atoms with Gasteiger partial charge in [-0.1, -0.05) is 36.4 Å². The van der Waals surface area contributed by atoms with E-state index in [1.807, 2.05) is 38.4 Å². The summed E-state index contributed by atoms with van der Waals surface area (Å²) >= 11 is 0. The molecule has 0 N–H and O–H groups in total. The van der Waals surface area contributed by atoms with Crippen molar-refractivity contribution in [1.82, 2.24) is 9.80 Å². The Hall–Kier alpha value is -1.77. The van der Waals surface area contributed by atoms with Crippen molar-refractivity contribution in [2.24, 2.45) is 0 Å². The van der Waals surface area contributed by atoms with Crippen molar-refractivity contribution >= 4 is 24.8 Å². The van der Waals surface area contributed by atoms with Gasteiger partial charge >= 0.3 is 0 Å². The van der Waals surface area contributed by atoms with Gasteiger partial charge in [-0.15, -0.1) is 24.8 Å². The van der Waals surface area contributed by atoms with Crippen LogP contribution in [-0.2, 0) is 13.0 Å². The van der Waals surface area contributed by atoms with E-state index in [9.17, 15) is 5.26 Å². The first kappa shape index (κ1) is 25.2. The number of ether oxygens (including phenoxy) is 1. The molecule has 4 nitrogen and oxygen atoms in total. The van der Waals surface area contributed by atoms with Crippen LogP contribution < -0.4 is 4.74 Å². The van der Waals surface area contributed by atoms with Gasteiger partial charge in [0.2, 0.25) is 0 Å². The Labute approximate surface area is 175 Å². The molecule has 0 atom stereocenters. The van der Waals surface area contributed by atoms with Crippen LogP contribution in [0.3, 0.4) is 0 Å². The largest absolute Gasteiger partial charge is 0.492 e. The van der Waals surface area contributed by atoms with Gasteiger partial charge in [0.1, 0.15) is 12.4 Å². The molecule has 0 saturated carbocycles. The van der Waals surface area contributed by atoms with Crippen LogP contribution in [0.1, 0.15) is 16.7 Å². The van der Waals surface area contributed by atoms with Crippen LogP contribution in [0.5, 0.6) is 5.75 Å². The molecule has 0 bridgehead atoms. The highest BCUT2D eigenvalue weighted by Crippen LogP contribution is 2.23. The van der Waals surface area contributed by atoms with E-state index in [2.05, 4.69) is 47.2 Å². The maximum atomic E-state index is 9.36. The standard InChI is InChI=1S/C21H27N3O.2ClH/c1-23(2)13-12-20-19(16-22)10-7-11-21(20)25-15-14-24(3)17-18-8-5-4-6-9-18;;/h4-11H,12-15,17H2,1-3H3;2*1H. The SMILES string of the molecule is CN(C)CCc1c(C#N)cccc1OCCN(C)Cc1ccccc1.Cl.Cl. The summed E-state index contributed by atoms with van der Waals surface area (Å²) in [5.41, 5.74) is 3.00. The summed E-state index contributed by atoms with van der Waals surface area (Å²) in [5.74, 6) is 0.828. The van der Waals surface area contributed by atoms with Gasteiger partial charge in [0.15, 0.2) is 0 Å². The molecule has 0 spiro atoms. The van der Waals surface area contributed by atoms with Crippen LogP contribution in [0.4, 0.5) is 0 Å². The van der Waals surface area contributed by atoms with E-state index in [0.29, 0.717) is 12.2 Å². The fraction of sp³-hybridized carbons (Fsp3) is 0.381. The Kier molecular flexibility index (Phi) is 12.5. The molecule has 0 radical (unpaired) electrons. The van der Waals surface area contributed by atoms with E-state index in [-0.39, 0.29) is 24.8 Å². The number of benzene rings is 2. The smallest absolute Gasteiger partial charge is 0.123 e. The molecule has 0 saturated heterocycles. The van der Waals surface area contributed by atoms with Crippen LogP contribution >= 0.6 is 24.8 Å². The average Bonchev–Trinajstić information content (AvgIpc) is 2.61. The number of hydrogen-bond acceptors (Lipinski definition) is 4. The maximum Gasteiger partial charge on any atom is 0.123 e. The number of rotatable bonds is 9. The van der Waals surface area contributed by atoms with Gasteiger partial charge in [-0.25, -0.2) is 0 Å². The van der Waals surface area contributed by atoms with Crippen molar-refractivity contribution in [3.63, 3.8) is 0 Å². The summed E-state index contributed by atoms with van der Waals surface area (Å²) in [5, 5.41) is 9.36. The zero-order valence-electron chi connectivity index (χ0n) is 16.2. The minimum atomic E-state index is 0. The minimum Gasteiger partial charge on any atom is -0.492 e. The highest BCUT2D eigenvalue weighted by atomic mass is 35.5. The van der Waals surface area contributed by atoms with Crippen LogP contribution in [0.15, 0.2) is 48.5 Å². The van der Waals surface area contributed by atoms with Crippen LogP contribution in [0.2, 0.25) is 0 Å². The van der Waals surface area contributed by atoms with Gasteiger partial charge in [-0.3, -0.25) is 4.90 Å². The monoisotopic (exact) mass is 409 g/mol. The zero-order valence-corrected chi connectivity index (χ0v) is 17.9. The molecular formula is C21H29Cl2N3O. The van der Waals surface area contributed by atoms with Gasteiger partial charge < -0.3 is 9.64 Å². The van der Waals surface area contributed by atoms with Gasteiger partial charge in [-0.05, 0) is 45.3 Å². The molecule has 2 aromatic rings. The summed E-state index contributed by atoms with van der Waals surface area (Å²) in [6.45, 7) is 3.23. The first-order chi connectivity index (χ1) is 12.1. The Balaban J connectivity index is 0.00000338. The second kappa shape index (κ2) is 13.4. The summed E-state index contributed by atoms with van der Waals surface area (Å²) in [6.07, 6.45) is 0.811. The van der Waals surface area contributed by atoms with Crippen molar-refractivity contribution < 1.29 is 4.74 Å². The van der Waals surface area contributed by atoms with Crippen LogP contribution in [0, 0.1) is 11.3 Å². The number of hydrogen-bond donors (Lipinski definition) is 0. The first-order valence-electron chi connectivity index (χ1n) is 8.62. The second-order valence-electron chi connectivity index (χ2n) is 6.52. The molecule has 0 aliphatic carbocycles.